The fourth-order valence-electron chi connectivity index (χ4n) is 7.33. The van der Waals surface area contributed by atoms with Gasteiger partial charge in [0, 0.05) is 30.9 Å². The maximum Gasteiger partial charge on any atom is 0.144 e. The van der Waals surface area contributed by atoms with Gasteiger partial charge in [0.25, 0.3) is 0 Å². The van der Waals surface area contributed by atoms with Crippen molar-refractivity contribution >= 4 is 85.8 Å². The van der Waals surface area contributed by atoms with Gasteiger partial charge in [-0.15, -0.1) is 11.3 Å². The molecule has 0 spiro atoms. The molecular weight excluding hydrogens is 553 g/mol. The zero-order valence-corrected chi connectivity index (χ0v) is 24.5. The summed E-state index contributed by atoms with van der Waals surface area (Å²) in [7, 11) is 0. The van der Waals surface area contributed by atoms with Crippen LogP contribution in [0.2, 0.25) is 0 Å². The van der Waals surface area contributed by atoms with Crippen LogP contribution in [0.3, 0.4) is 0 Å². The molecule has 0 aliphatic heterocycles. The molecule has 0 unspecified atom stereocenters. The number of benzene rings is 8. The van der Waals surface area contributed by atoms with E-state index in [-0.39, 0.29) is 0 Å². The molecule has 2 heteroatoms. The first kappa shape index (κ1) is 24.0. The Morgan fingerprint density at radius 1 is 0.409 bits per heavy atom. The molecule has 0 aliphatic rings. The smallest absolute Gasteiger partial charge is 0.144 e. The van der Waals surface area contributed by atoms with Gasteiger partial charge < -0.3 is 4.42 Å². The fourth-order valence-corrected chi connectivity index (χ4v) is 8.57. The minimum atomic E-state index is 0.922. The third-order valence-electron chi connectivity index (χ3n) is 9.25. The third-order valence-corrected chi connectivity index (χ3v) is 10.5. The highest BCUT2D eigenvalue weighted by Crippen LogP contribution is 2.47. The van der Waals surface area contributed by atoms with E-state index in [1.54, 1.807) is 0 Å². The molecule has 10 rings (SSSR count). The van der Waals surface area contributed by atoms with E-state index in [9.17, 15) is 0 Å². The molecule has 0 saturated carbocycles. The average Bonchev–Trinajstić information content (AvgIpc) is 3.65. The van der Waals surface area contributed by atoms with E-state index in [4.69, 9.17) is 4.42 Å². The van der Waals surface area contributed by atoms with Gasteiger partial charge in [0.05, 0.1) is 0 Å². The molecule has 2 heterocycles. The fraction of sp³-hybridized carbons (Fsp3) is 0. The first-order chi connectivity index (χ1) is 21.8. The first-order valence-corrected chi connectivity index (χ1v) is 15.8. The Labute approximate surface area is 257 Å². The zero-order valence-electron chi connectivity index (χ0n) is 23.7. The number of hydrogen-bond acceptors (Lipinski definition) is 2. The summed E-state index contributed by atoms with van der Waals surface area (Å²) in [6.07, 6.45) is 0. The predicted molar refractivity (Wildman–Crippen MR) is 190 cm³/mol. The molecule has 0 N–H and O–H groups in total. The summed E-state index contributed by atoms with van der Waals surface area (Å²) in [5, 5.41) is 12.4. The first-order valence-electron chi connectivity index (χ1n) is 15.0. The maximum absolute atomic E-state index is 6.83. The minimum absolute atomic E-state index is 0.922. The van der Waals surface area contributed by atoms with Crippen LogP contribution in [0.5, 0.6) is 0 Å². The normalized spacial score (nSPS) is 12.1. The average molecular weight is 577 g/mol. The van der Waals surface area contributed by atoms with Gasteiger partial charge in [0.15, 0.2) is 0 Å². The van der Waals surface area contributed by atoms with Crippen LogP contribution >= 0.6 is 11.3 Å². The lowest BCUT2D eigenvalue weighted by Crippen LogP contribution is -1.90. The van der Waals surface area contributed by atoms with Crippen molar-refractivity contribution in [2.45, 2.75) is 0 Å². The van der Waals surface area contributed by atoms with E-state index < -0.39 is 0 Å². The summed E-state index contributed by atoms with van der Waals surface area (Å²) >= 11 is 1.86. The SMILES string of the molecule is c1ccc(-c2c3ccccc3c(-c3ccc4c(c3)oc3c4ccc4sc5c6ccccc6ccc5c43)c3ccccc23)cc1. The lowest BCUT2D eigenvalue weighted by Gasteiger charge is -2.17. The van der Waals surface area contributed by atoms with Crippen molar-refractivity contribution in [1.29, 1.82) is 0 Å². The highest BCUT2D eigenvalue weighted by atomic mass is 32.1. The maximum atomic E-state index is 6.83. The molecule has 0 radical (unpaired) electrons. The minimum Gasteiger partial charge on any atom is -0.455 e. The van der Waals surface area contributed by atoms with Crippen LogP contribution in [-0.2, 0) is 0 Å². The van der Waals surface area contributed by atoms with Crippen LogP contribution in [0.4, 0.5) is 0 Å². The Morgan fingerprint density at radius 2 is 1.00 bits per heavy atom. The summed E-state index contributed by atoms with van der Waals surface area (Å²) in [5.41, 5.74) is 6.83. The van der Waals surface area contributed by atoms with Crippen molar-refractivity contribution in [3.05, 3.63) is 146 Å². The van der Waals surface area contributed by atoms with E-state index in [1.807, 2.05) is 11.3 Å². The third kappa shape index (κ3) is 3.29. The number of thiophene rings is 1. The second kappa shape index (κ2) is 9.03. The highest BCUT2D eigenvalue weighted by molar-refractivity contribution is 7.26. The standard InChI is InChI=1S/C42H24OS/c1-2-11-26(12-3-1)38-30-14-6-8-16-32(30)39(33-17-9-7-15-31(33)38)27-19-20-29-34-22-23-37-40(41(34)43-36(29)24-27)35-21-18-25-10-4-5-13-28(25)42(35)44-37/h1-24H. The van der Waals surface area contributed by atoms with Crippen molar-refractivity contribution in [1.82, 2.24) is 0 Å². The van der Waals surface area contributed by atoms with Gasteiger partial charge in [-0.3, -0.25) is 0 Å². The van der Waals surface area contributed by atoms with E-state index >= 15 is 0 Å². The van der Waals surface area contributed by atoms with E-state index in [1.165, 1.54) is 80.1 Å². The van der Waals surface area contributed by atoms with E-state index in [0.717, 1.165) is 16.6 Å². The van der Waals surface area contributed by atoms with E-state index in [0.29, 0.717) is 0 Å². The molecule has 0 atom stereocenters. The molecule has 204 valence electrons. The molecule has 0 amide bonds. The Hall–Kier alpha value is -5.44. The number of rotatable bonds is 2. The quantitative estimate of drug-likeness (QED) is 0.187. The lowest BCUT2D eigenvalue weighted by molar-refractivity contribution is 0.673. The molecule has 44 heavy (non-hydrogen) atoms. The van der Waals surface area contributed by atoms with Crippen LogP contribution in [0, 0.1) is 0 Å². The van der Waals surface area contributed by atoms with Crippen LogP contribution in [-0.4, -0.2) is 0 Å². The second-order valence-electron chi connectivity index (χ2n) is 11.6. The molecule has 0 saturated heterocycles. The predicted octanol–water partition coefficient (Wildman–Crippen LogP) is 12.7. The topological polar surface area (TPSA) is 13.1 Å². The zero-order chi connectivity index (χ0) is 28.8. The van der Waals surface area contributed by atoms with Crippen LogP contribution in [0.25, 0.3) is 96.7 Å². The highest BCUT2D eigenvalue weighted by Gasteiger charge is 2.19. The van der Waals surface area contributed by atoms with Crippen molar-refractivity contribution in [2.75, 3.05) is 0 Å². The molecule has 2 aromatic heterocycles. The number of furan rings is 1. The van der Waals surface area contributed by atoms with Crippen molar-refractivity contribution < 1.29 is 4.42 Å². The Kier molecular flexibility index (Phi) is 4.94. The summed E-state index contributed by atoms with van der Waals surface area (Å²) in [6, 6.07) is 52.8. The van der Waals surface area contributed by atoms with Crippen molar-refractivity contribution in [2.24, 2.45) is 0 Å². The van der Waals surface area contributed by atoms with Crippen LogP contribution in [0.1, 0.15) is 0 Å². The summed E-state index contributed by atoms with van der Waals surface area (Å²) < 4.78 is 9.41. The van der Waals surface area contributed by atoms with Gasteiger partial charge in [-0.25, -0.2) is 0 Å². The molecule has 10 aromatic rings. The molecular formula is C42H24OS. The molecule has 0 fully saturated rings. The van der Waals surface area contributed by atoms with Crippen molar-refractivity contribution in [3.63, 3.8) is 0 Å². The number of hydrogen-bond donors (Lipinski definition) is 0. The summed E-state index contributed by atoms with van der Waals surface area (Å²) in [4.78, 5) is 0. The van der Waals surface area contributed by atoms with Gasteiger partial charge in [-0.2, -0.15) is 0 Å². The van der Waals surface area contributed by atoms with E-state index in [2.05, 4.69) is 146 Å². The Morgan fingerprint density at radius 3 is 1.73 bits per heavy atom. The monoisotopic (exact) mass is 576 g/mol. The Bertz CT molecular complexity index is 2710. The summed E-state index contributed by atoms with van der Waals surface area (Å²) in [5.74, 6) is 0. The summed E-state index contributed by atoms with van der Waals surface area (Å²) in [6.45, 7) is 0. The van der Waals surface area contributed by atoms with Gasteiger partial charge in [0.2, 0.25) is 0 Å². The van der Waals surface area contributed by atoms with Gasteiger partial charge in [-0.1, -0.05) is 121 Å². The van der Waals surface area contributed by atoms with Crippen LogP contribution < -0.4 is 0 Å². The number of fused-ring (bicyclic) bond motifs is 11. The molecule has 8 aromatic carbocycles. The second-order valence-corrected chi connectivity index (χ2v) is 12.7. The van der Waals surface area contributed by atoms with Gasteiger partial charge in [-0.05, 0) is 78.8 Å². The van der Waals surface area contributed by atoms with Gasteiger partial charge >= 0.3 is 0 Å². The van der Waals surface area contributed by atoms with Crippen LogP contribution in [0.15, 0.2) is 150 Å². The molecule has 0 bridgehead atoms. The van der Waals surface area contributed by atoms with Gasteiger partial charge in [0.1, 0.15) is 11.2 Å². The molecule has 0 aliphatic carbocycles. The Balaban J connectivity index is 1.27. The molecule has 1 nitrogen and oxygen atoms in total. The van der Waals surface area contributed by atoms with Crippen molar-refractivity contribution in [3.8, 4) is 22.3 Å². The lowest BCUT2D eigenvalue weighted by atomic mass is 9.86. The largest absolute Gasteiger partial charge is 0.455 e.